The maximum Gasteiger partial charge on any atom is 0.157 e. The van der Waals surface area contributed by atoms with Gasteiger partial charge in [-0.15, -0.1) is 0 Å². The number of nitriles is 1. The fourth-order valence-corrected chi connectivity index (χ4v) is 1.68. The first-order chi connectivity index (χ1) is 7.15. The van der Waals surface area contributed by atoms with Crippen LogP contribution in [0.4, 0.5) is 10.8 Å². The Morgan fingerprint density at radius 1 is 1.67 bits per heavy atom. The number of ether oxygens (including phenoxy) is 1. The summed E-state index contributed by atoms with van der Waals surface area (Å²) in [5, 5.41) is 12.6. The van der Waals surface area contributed by atoms with Crippen LogP contribution in [-0.2, 0) is 4.74 Å². The van der Waals surface area contributed by atoms with Gasteiger partial charge in [-0.1, -0.05) is 0 Å². The van der Waals surface area contributed by atoms with Crippen molar-refractivity contribution >= 4 is 22.4 Å². The SMILES string of the molecule is CC(C)OCCNc1snc(N)c1C#N. The largest absolute Gasteiger partial charge is 0.382 e. The zero-order chi connectivity index (χ0) is 11.3. The molecule has 15 heavy (non-hydrogen) atoms. The summed E-state index contributed by atoms with van der Waals surface area (Å²) < 4.78 is 9.25. The molecule has 0 atom stereocenters. The molecule has 0 fully saturated rings. The van der Waals surface area contributed by atoms with Crippen molar-refractivity contribution in [2.24, 2.45) is 0 Å². The second kappa shape index (κ2) is 5.53. The van der Waals surface area contributed by atoms with Crippen LogP contribution in [0.25, 0.3) is 0 Å². The molecule has 0 aromatic carbocycles. The minimum Gasteiger partial charge on any atom is -0.382 e. The van der Waals surface area contributed by atoms with Crippen molar-refractivity contribution in [2.45, 2.75) is 20.0 Å². The van der Waals surface area contributed by atoms with E-state index in [4.69, 9.17) is 15.7 Å². The first-order valence-electron chi connectivity index (χ1n) is 4.66. The van der Waals surface area contributed by atoms with E-state index in [0.717, 1.165) is 0 Å². The van der Waals surface area contributed by atoms with Gasteiger partial charge in [0.1, 0.15) is 16.6 Å². The van der Waals surface area contributed by atoms with Crippen molar-refractivity contribution in [3.63, 3.8) is 0 Å². The van der Waals surface area contributed by atoms with E-state index in [0.29, 0.717) is 23.7 Å². The van der Waals surface area contributed by atoms with Crippen LogP contribution in [0.1, 0.15) is 19.4 Å². The third-order valence-corrected chi connectivity index (χ3v) is 2.49. The Labute approximate surface area is 93.0 Å². The molecule has 0 bridgehead atoms. The summed E-state index contributed by atoms with van der Waals surface area (Å²) in [6, 6.07) is 2.01. The van der Waals surface area contributed by atoms with Crippen molar-refractivity contribution in [1.82, 2.24) is 4.37 Å². The van der Waals surface area contributed by atoms with Gasteiger partial charge in [-0.2, -0.15) is 9.64 Å². The second-order valence-electron chi connectivity index (χ2n) is 3.23. The molecular weight excluding hydrogens is 212 g/mol. The van der Waals surface area contributed by atoms with Crippen LogP contribution in [0, 0.1) is 11.3 Å². The van der Waals surface area contributed by atoms with Gasteiger partial charge in [-0.05, 0) is 25.4 Å². The topological polar surface area (TPSA) is 84.0 Å². The highest BCUT2D eigenvalue weighted by Gasteiger charge is 2.09. The molecule has 0 spiro atoms. The number of aromatic nitrogens is 1. The third-order valence-electron chi connectivity index (χ3n) is 1.67. The Morgan fingerprint density at radius 3 is 3.00 bits per heavy atom. The van der Waals surface area contributed by atoms with E-state index in [-0.39, 0.29) is 11.9 Å². The van der Waals surface area contributed by atoms with Crippen LogP contribution >= 0.6 is 11.5 Å². The highest BCUT2D eigenvalue weighted by molar-refractivity contribution is 7.10. The lowest BCUT2D eigenvalue weighted by Gasteiger charge is -2.07. The molecule has 0 aliphatic carbocycles. The number of nitrogens with one attached hydrogen (secondary N) is 1. The fraction of sp³-hybridized carbons (Fsp3) is 0.556. The number of hydrogen-bond acceptors (Lipinski definition) is 6. The minimum absolute atomic E-state index is 0.216. The molecule has 0 aliphatic heterocycles. The van der Waals surface area contributed by atoms with Crippen molar-refractivity contribution < 1.29 is 4.74 Å². The fourth-order valence-electron chi connectivity index (χ4n) is 0.990. The summed E-state index contributed by atoms with van der Waals surface area (Å²) in [5.41, 5.74) is 5.93. The van der Waals surface area contributed by atoms with Crippen molar-refractivity contribution in [3.8, 4) is 6.07 Å². The zero-order valence-electron chi connectivity index (χ0n) is 8.78. The predicted octanol–water partition coefficient (Wildman–Crippen LogP) is 1.43. The summed E-state index contributed by atoms with van der Waals surface area (Å²) in [6.07, 6.45) is 0.216. The first-order valence-corrected chi connectivity index (χ1v) is 5.43. The molecule has 0 radical (unpaired) electrons. The van der Waals surface area contributed by atoms with E-state index >= 15 is 0 Å². The van der Waals surface area contributed by atoms with Crippen molar-refractivity contribution in [1.29, 1.82) is 5.26 Å². The Bertz CT molecular complexity index is 355. The molecule has 82 valence electrons. The number of rotatable bonds is 5. The second-order valence-corrected chi connectivity index (χ2v) is 4.00. The van der Waals surface area contributed by atoms with E-state index < -0.39 is 0 Å². The average Bonchev–Trinajstić information content (AvgIpc) is 2.53. The molecule has 0 amide bonds. The maximum atomic E-state index is 8.80. The summed E-state index contributed by atoms with van der Waals surface area (Å²) in [6.45, 7) is 5.20. The standard InChI is InChI=1S/C9H14N4OS/c1-6(2)14-4-3-12-9-7(5-10)8(11)13-15-9/h6,12H,3-4H2,1-2H3,(H2,11,13). The van der Waals surface area contributed by atoms with Gasteiger partial charge < -0.3 is 15.8 Å². The first kappa shape index (κ1) is 11.8. The van der Waals surface area contributed by atoms with Gasteiger partial charge in [0, 0.05) is 6.54 Å². The third kappa shape index (κ3) is 3.38. The van der Waals surface area contributed by atoms with Gasteiger partial charge in [0.2, 0.25) is 0 Å². The van der Waals surface area contributed by atoms with Crippen LogP contribution in [0.2, 0.25) is 0 Å². The molecule has 1 aromatic heterocycles. The molecule has 0 saturated heterocycles. The lowest BCUT2D eigenvalue weighted by Crippen LogP contribution is -2.13. The Balaban J connectivity index is 2.41. The Kier molecular flexibility index (Phi) is 4.34. The number of nitrogens with two attached hydrogens (primary N) is 1. The van der Waals surface area contributed by atoms with E-state index in [2.05, 4.69) is 9.69 Å². The number of nitrogens with zero attached hydrogens (tertiary/aromatic N) is 2. The summed E-state index contributed by atoms with van der Waals surface area (Å²) in [7, 11) is 0. The molecule has 0 saturated carbocycles. The highest BCUT2D eigenvalue weighted by Crippen LogP contribution is 2.25. The Hall–Kier alpha value is -1.32. The van der Waals surface area contributed by atoms with Gasteiger partial charge in [0.15, 0.2) is 5.82 Å². The van der Waals surface area contributed by atoms with Gasteiger partial charge in [-0.25, -0.2) is 0 Å². The van der Waals surface area contributed by atoms with E-state index in [1.807, 2.05) is 19.9 Å². The summed E-state index contributed by atoms with van der Waals surface area (Å²) >= 11 is 1.20. The number of anilines is 2. The van der Waals surface area contributed by atoms with Crippen LogP contribution < -0.4 is 11.1 Å². The van der Waals surface area contributed by atoms with Gasteiger partial charge in [0.05, 0.1) is 12.7 Å². The monoisotopic (exact) mass is 226 g/mol. The lowest BCUT2D eigenvalue weighted by atomic mass is 10.3. The molecule has 5 nitrogen and oxygen atoms in total. The normalized spacial score (nSPS) is 10.3. The van der Waals surface area contributed by atoms with Crippen LogP contribution in [0.15, 0.2) is 0 Å². The smallest absolute Gasteiger partial charge is 0.157 e. The highest BCUT2D eigenvalue weighted by atomic mass is 32.1. The molecule has 1 aromatic rings. The van der Waals surface area contributed by atoms with Crippen molar-refractivity contribution in [2.75, 3.05) is 24.2 Å². The molecule has 0 aliphatic rings. The molecule has 0 unspecified atom stereocenters. The quantitative estimate of drug-likeness (QED) is 0.742. The van der Waals surface area contributed by atoms with Crippen LogP contribution in [0.5, 0.6) is 0 Å². The minimum atomic E-state index is 0.216. The van der Waals surface area contributed by atoms with Crippen LogP contribution in [-0.4, -0.2) is 23.6 Å². The lowest BCUT2D eigenvalue weighted by molar-refractivity contribution is 0.0871. The van der Waals surface area contributed by atoms with Gasteiger partial charge in [-0.3, -0.25) is 0 Å². The predicted molar refractivity (Wildman–Crippen MR) is 60.8 cm³/mol. The molecule has 3 N–H and O–H groups in total. The van der Waals surface area contributed by atoms with Gasteiger partial charge >= 0.3 is 0 Å². The molecule has 1 heterocycles. The summed E-state index contributed by atoms with van der Waals surface area (Å²) in [5.74, 6) is 0.287. The maximum absolute atomic E-state index is 8.80. The molecule has 6 heteroatoms. The van der Waals surface area contributed by atoms with Gasteiger partial charge in [0.25, 0.3) is 0 Å². The zero-order valence-corrected chi connectivity index (χ0v) is 9.60. The summed E-state index contributed by atoms with van der Waals surface area (Å²) in [4.78, 5) is 0. The average molecular weight is 226 g/mol. The number of hydrogen-bond donors (Lipinski definition) is 2. The van der Waals surface area contributed by atoms with Crippen LogP contribution in [0.3, 0.4) is 0 Å². The van der Waals surface area contributed by atoms with E-state index in [1.165, 1.54) is 11.5 Å². The van der Waals surface area contributed by atoms with E-state index in [9.17, 15) is 0 Å². The Morgan fingerprint density at radius 2 is 2.40 bits per heavy atom. The molecular formula is C9H14N4OS. The van der Waals surface area contributed by atoms with Crippen molar-refractivity contribution in [3.05, 3.63) is 5.56 Å². The molecule has 1 rings (SSSR count). The van der Waals surface area contributed by atoms with E-state index in [1.54, 1.807) is 0 Å². The number of nitrogen functional groups attached to an aromatic ring is 1.